The fourth-order valence-electron chi connectivity index (χ4n) is 2.52. The van der Waals surface area contributed by atoms with Crippen molar-refractivity contribution in [2.45, 2.75) is 51.8 Å². The number of hydrogen-bond donors (Lipinski definition) is 2. The standard InChI is InChI=1S/C17H24N2O5/c1-10(2)4-5-13(18-16(21)12-6-7-23-8-12)17(22)19-15-11(3)24-9-14(15)20/h6-8,10-11,13,15H,4-5,9H2,1-3H3,(H,18,21)(H,19,22)/t11-,13-,15-/m0/s1. The maximum Gasteiger partial charge on any atom is 0.255 e. The van der Waals surface area contributed by atoms with Crippen molar-refractivity contribution in [3.8, 4) is 0 Å². The molecule has 0 aliphatic carbocycles. The molecule has 1 aromatic rings. The highest BCUT2D eigenvalue weighted by Crippen LogP contribution is 2.12. The van der Waals surface area contributed by atoms with Gasteiger partial charge in [-0.2, -0.15) is 0 Å². The zero-order chi connectivity index (χ0) is 17.7. The van der Waals surface area contributed by atoms with E-state index in [2.05, 4.69) is 10.6 Å². The zero-order valence-electron chi connectivity index (χ0n) is 14.2. The topological polar surface area (TPSA) is 97.6 Å². The maximum absolute atomic E-state index is 12.6. The molecule has 2 heterocycles. The molecule has 0 spiro atoms. The van der Waals surface area contributed by atoms with E-state index in [1.54, 1.807) is 6.92 Å². The minimum absolute atomic E-state index is 0.00412. The molecule has 0 saturated carbocycles. The Morgan fingerprint density at radius 2 is 2.08 bits per heavy atom. The normalized spacial score (nSPS) is 21.8. The van der Waals surface area contributed by atoms with Crippen LogP contribution in [0, 0.1) is 5.92 Å². The summed E-state index contributed by atoms with van der Waals surface area (Å²) in [6.07, 6.45) is 3.62. The summed E-state index contributed by atoms with van der Waals surface area (Å²) in [7, 11) is 0. The van der Waals surface area contributed by atoms with Gasteiger partial charge < -0.3 is 19.8 Å². The molecule has 1 saturated heterocycles. The van der Waals surface area contributed by atoms with Crippen molar-refractivity contribution >= 4 is 17.6 Å². The second kappa shape index (κ2) is 8.10. The molecule has 24 heavy (non-hydrogen) atoms. The molecule has 1 aliphatic rings. The quantitative estimate of drug-likeness (QED) is 0.782. The van der Waals surface area contributed by atoms with E-state index in [0.717, 1.165) is 6.42 Å². The lowest BCUT2D eigenvalue weighted by Gasteiger charge is -2.22. The number of furan rings is 1. The summed E-state index contributed by atoms with van der Waals surface area (Å²) < 4.78 is 10.1. The van der Waals surface area contributed by atoms with Gasteiger partial charge in [-0.15, -0.1) is 0 Å². The van der Waals surface area contributed by atoms with Crippen molar-refractivity contribution in [3.63, 3.8) is 0 Å². The summed E-state index contributed by atoms with van der Waals surface area (Å²) in [6.45, 7) is 5.83. The minimum Gasteiger partial charge on any atom is -0.472 e. The number of ketones is 1. The van der Waals surface area contributed by atoms with Gasteiger partial charge in [0.1, 0.15) is 25.0 Å². The first-order chi connectivity index (χ1) is 11.4. The fraction of sp³-hybridized carbons (Fsp3) is 0.588. The SMILES string of the molecule is CC(C)CC[C@H](NC(=O)c1ccoc1)C(=O)N[C@@H]1C(=O)CO[C@H]1C. The van der Waals surface area contributed by atoms with Gasteiger partial charge >= 0.3 is 0 Å². The summed E-state index contributed by atoms with van der Waals surface area (Å²) in [6, 6.07) is 0.156. The van der Waals surface area contributed by atoms with Crippen LogP contribution in [0.5, 0.6) is 0 Å². The first-order valence-corrected chi connectivity index (χ1v) is 8.16. The van der Waals surface area contributed by atoms with E-state index >= 15 is 0 Å². The number of hydrogen-bond acceptors (Lipinski definition) is 5. The van der Waals surface area contributed by atoms with Crippen LogP contribution in [-0.4, -0.2) is 42.4 Å². The Hall–Kier alpha value is -2.15. The Kier molecular flexibility index (Phi) is 6.14. The molecule has 1 aliphatic heterocycles. The highest BCUT2D eigenvalue weighted by molar-refractivity contribution is 5.98. The van der Waals surface area contributed by atoms with Crippen LogP contribution < -0.4 is 10.6 Å². The highest BCUT2D eigenvalue weighted by atomic mass is 16.5. The predicted molar refractivity (Wildman–Crippen MR) is 86.4 cm³/mol. The average Bonchev–Trinajstić information content (AvgIpc) is 3.16. The molecule has 2 rings (SSSR count). The van der Waals surface area contributed by atoms with Crippen LogP contribution in [0.4, 0.5) is 0 Å². The summed E-state index contributed by atoms with van der Waals surface area (Å²) >= 11 is 0. The Balaban J connectivity index is 2.02. The molecule has 0 unspecified atom stereocenters. The van der Waals surface area contributed by atoms with Crippen LogP contribution in [0.3, 0.4) is 0 Å². The van der Waals surface area contributed by atoms with E-state index in [0.29, 0.717) is 17.9 Å². The molecule has 0 radical (unpaired) electrons. The summed E-state index contributed by atoms with van der Waals surface area (Å²) in [5.74, 6) is -0.515. The smallest absolute Gasteiger partial charge is 0.255 e. The van der Waals surface area contributed by atoms with Crippen LogP contribution in [-0.2, 0) is 14.3 Å². The number of nitrogens with one attached hydrogen (secondary N) is 2. The van der Waals surface area contributed by atoms with E-state index < -0.39 is 12.1 Å². The van der Waals surface area contributed by atoms with Gasteiger partial charge in [0.2, 0.25) is 5.91 Å². The number of carbonyl (C=O) groups is 3. The second-order valence-electron chi connectivity index (χ2n) is 6.48. The zero-order valence-corrected chi connectivity index (χ0v) is 14.2. The Morgan fingerprint density at radius 1 is 1.33 bits per heavy atom. The predicted octanol–water partition coefficient (Wildman–Crippen LogP) is 1.29. The molecule has 0 bridgehead atoms. The summed E-state index contributed by atoms with van der Waals surface area (Å²) in [5, 5.41) is 5.42. The van der Waals surface area contributed by atoms with Gasteiger partial charge in [-0.3, -0.25) is 14.4 Å². The largest absolute Gasteiger partial charge is 0.472 e. The van der Waals surface area contributed by atoms with Crippen molar-refractivity contribution in [1.82, 2.24) is 10.6 Å². The van der Waals surface area contributed by atoms with Crippen LogP contribution in [0.25, 0.3) is 0 Å². The molecule has 2 N–H and O–H groups in total. The monoisotopic (exact) mass is 336 g/mol. The van der Waals surface area contributed by atoms with Gasteiger partial charge in [0, 0.05) is 0 Å². The summed E-state index contributed by atoms with van der Waals surface area (Å²) in [5.41, 5.74) is 0.353. The molecule has 7 heteroatoms. The molecule has 1 aromatic heterocycles. The van der Waals surface area contributed by atoms with E-state index in [1.807, 2.05) is 13.8 Å². The first-order valence-electron chi connectivity index (χ1n) is 8.16. The molecule has 1 fully saturated rings. The third-order valence-electron chi connectivity index (χ3n) is 4.04. The van der Waals surface area contributed by atoms with Gasteiger partial charge in [0.25, 0.3) is 5.91 Å². The number of ether oxygens (including phenoxy) is 1. The van der Waals surface area contributed by atoms with Crippen LogP contribution in [0.15, 0.2) is 23.0 Å². The van der Waals surface area contributed by atoms with Gasteiger partial charge in [0.05, 0.1) is 17.9 Å². The molecule has 2 amide bonds. The lowest BCUT2D eigenvalue weighted by molar-refractivity contribution is -0.127. The van der Waals surface area contributed by atoms with E-state index in [4.69, 9.17) is 9.15 Å². The number of carbonyl (C=O) groups excluding carboxylic acids is 3. The van der Waals surface area contributed by atoms with Crippen molar-refractivity contribution in [2.24, 2.45) is 5.92 Å². The summed E-state index contributed by atoms with van der Waals surface area (Å²) in [4.78, 5) is 36.5. The van der Waals surface area contributed by atoms with Gasteiger partial charge in [-0.05, 0) is 31.7 Å². The van der Waals surface area contributed by atoms with Crippen molar-refractivity contribution < 1.29 is 23.5 Å². The van der Waals surface area contributed by atoms with Gasteiger partial charge in [-0.25, -0.2) is 0 Å². The molecular formula is C17H24N2O5. The third-order valence-corrected chi connectivity index (χ3v) is 4.04. The van der Waals surface area contributed by atoms with Crippen LogP contribution in [0.2, 0.25) is 0 Å². The molecule has 0 aromatic carbocycles. The van der Waals surface area contributed by atoms with Gasteiger partial charge in [0.15, 0.2) is 5.78 Å². The third kappa shape index (κ3) is 4.67. The number of rotatable bonds is 7. The first kappa shape index (κ1) is 18.2. The van der Waals surface area contributed by atoms with Crippen LogP contribution >= 0.6 is 0 Å². The second-order valence-corrected chi connectivity index (χ2v) is 6.48. The Bertz CT molecular complexity index is 582. The lowest BCUT2D eigenvalue weighted by Crippen LogP contribution is -2.53. The Morgan fingerprint density at radius 3 is 2.62 bits per heavy atom. The minimum atomic E-state index is -0.713. The fourth-order valence-corrected chi connectivity index (χ4v) is 2.52. The van der Waals surface area contributed by atoms with Gasteiger partial charge in [-0.1, -0.05) is 13.8 Å². The van der Waals surface area contributed by atoms with Crippen LogP contribution in [0.1, 0.15) is 44.0 Å². The van der Waals surface area contributed by atoms with Crippen molar-refractivity contribution in [2.75, 3.05) is 6.61 Å². The number of amides is 2. The van der Waals surface area contributed by atoms with Crippen molar-refractivity contribution in [3.05, 3.63) is 24.2 Å². The molecular weight excluding hydrogens is 312 g/mol. The maximum atomic E-state index is 12.6. The van der Waals surface area contributed by atoms with E-state index in [-0.39, 0.29) is 30.3 Å². The highest BCUT2D eigenvalue weighted by Gasteiger charge is 2.35. The van der Waals surface area contributed by atoms with E-state index in [1.165, 1.54) is 18.6 Å². The number of Topliss-reactive ketones (excluding diaryl/α,β-unsaturated/α-hetero) is 1. The molecule has 132 valence electrons. The lowest BCUT2D eigenvalue weighted by atomic mass is 10.0. The molecule has 3 atom stereocenters. The van der Waals surface area contributed by atoms with Crippen molar-refractivity contribution in [1.29, 1.82) is 0 Å². The molecule has 7 nitrogen and oxygen atoms in total. The average molecular weight is 336 g/mol. The Labute approximate surface area is 141 Å². The van der Waals surface area contributed by atoms with E-state index in [9.17, 15) is 14.4 Å².